The second kappa shape index (κ2) is 4.35. The second-order valence-electron chi connectivity index (χ2n) is 1.03. The van der Waals surface area contributed by atoms with Crippen LogP contribution in [-0.4, -0.2) is 17.2 Å². The van der Waals surface area contributed by atoms with Crippen molar-refractivity contribution in [1.82, 2.24) is 0 Å². The molecule has 0 aliphatic carbocycles. The van der Waals surface area contributed by atoms with Crippen molar-refractivity contribution in [1.29, 1.82) is 0 Å². The molecule has 4 heteroatoms. The van der Waals surface area contributed by atoms with Gasteiger partial charge >= 0.3 is 5.97 Å². The summed E-state index contributed by atoms with van der Waals surface area (Å²) in [5.74, 6) is -0.770. The fraction of sp³-hybridized carbons (Fsp3) is 0.667. The summed E-state index contributed by atoms with van der Waals surface area (Å²) in [6, 6.07) is 0. The molecule has 0 aliphatic heterocycles. The van der Waals surface area contributed by atoms with Gasteiger partial charge in [-0.2, -0.15) is 0 Å². The van der Waals surface area contributed by atoms with E-state index in [1.807, 2.05) is 0 Å². The molecule has 7 heavy (non-hydrogen) atoms. The molecule has 1 unspecified atom stereocenters. The molecule has 1 N–H and O–H groups in total. The van der Waals surface area contributed by atoms with E-state index in [9.17, 15) is 4.79 Å². The van der Waals surface area contributed by atoms with Gasteiger partial charge in [0.15, 0.2) is 0 Å². The van der Waals surface area contributed by atoms with Crippen molar-refractivity contribution in [2.24, 2.45) is 0 Å². The van der Waals surface area contributed by atoms with E-state index >= 15 is 0 Å². The highest BCUT2D eigenvalue weighted by Gasteiger charge is 1.91. The third-order valence-corrected chi connectivity index (χ3v) is 1.44. The van der Waals surface area contributed by atoms with Crippen LogP contribution in [0.5, 0.6) is 0 Å². The molecule has 0 spiro atoms. The quantitative estimate of drug-likeness (QED) is 0.600. The van der Waals surface area contributed by atoms with E-state index in [0.29, 0.717) is 6.16 Å². The maximum absolute atomic E-state index is 9.70. The van der Waals surface area contributed by atoms with Crippen LogP contribution in [0.2, 0.25) is 0 Å². The van der Waals surface area contributed by atoms with Crippen LogP contribution in [0.15, 0.2) is 0 Å². The summed E-state index contributed by atoms with van der Waals surface area (Å²) in [5, 5.41) is 7.99. The molecule has 0 heterocycles. The minimum Gasteiger partial charge on any atom is -0.481 e. The summed E-state index contributed by atoms with van der Waals surface area (Å²) in [7, 11) is 0.242. The molecular weight excluding hydrogens is 134 g/mol. The molecule has 42 valence electrons. The van der Waals surface area contributed by atoms with E-state index in [1.165, 1.54) is 0 Å². The highest BCUT2D eigenvalue weighted by Crippen LogP contribution is 2.15. The second-order valence-corrected chi connectivity index (χ2v) is 2.60. The maximum atomic E-state index is 9.70. The van der Waals surface area contributed by atoms with Crippen LogP contribution in [0.3, 0.4) is 0 Å². The molecule has 0 bridgehead atoms. The van der Waals surface area contributed by atoms with Gasteiger partial charge in [-0.15, -0.1) is 11.2 Å². The lowest BCUT2D eigenvalue weighted by molar-refractivity contribution is -0.136. The average Bonchev–Trinajstić information content (AvgIpc) is 1.61. The van der Waals surface area contributed by atoms with Crippen LogP contribution in [0.25, 0.3) is 0 Å². The van der Waals surface area contributed by atoms with E-state index in [0.717, 1.165) is 0 Å². The monoisotopic (exact) mass is 140 g/mol. The Morgan fingerprint density at radius 3 is 2.57 bits per heavy atom. The molecule has 0 amide bonds. The van der Waals surface area contributed by atoms with Gasteiger partial charge < -0.3 is 5.11 Å². The molecule has 0 aromatic rings. The molecule has 0 saturated heterocycles. The molecule has 0 aromatic heterocycles. The van der Waals surface area contributed by atoms with E-state index in [-0.39, 0.29) is 14.4 Å². The molecule has 0 aliphatic rings. The lowest BCUT2D eigenvalue weighted by atomic mass is 10.5. The average molecular weight is 141 g/mol. The molecule has 2 nitrogen and oxygen atoms in total. The Hall–Kier alpha value is 0.190. The summed E-state index contributed by atoms with van der Waals surface area (Å²) in [4.78, 5) is 9.70. The van der Waals surface area contributed by atoms with Crippen molar-refractivity contribution in [2.45, 2.75) is 6.42 Å². The lowest BCUT2D eigenvalue weighted by Crippen LogP contribution is -1.93. The van der Waals surface area contributed by atoms with E-state index < -0.39 is 5.97 Å². The van der Waals surface area contributed by atoms with Crippen molar-refractivity contribution >= 4 is 25.1 Å². The zero-order chi connectivity index (χ0) is 5.70. The van der Waals surface area contributed by atoms with Crippen LogP contribution in [0, 0.1) is 0 Å². The number of carboxylic acids is 1. The van der Waals surface area contributed by atoms with Gasteiger partial charge in [0.2, 0.25) is 0 Å². The van der Waals surface area contributed by atoms with Crippen LogP contribution in [0.4, 0.5) is 0 Å². The smallest absolute Gasteiger partial charge is 0.303 e. The van der Waals surface area contributed by atoms with Crippen LogP contribution in [0.1, 0.15) is 6.42 Å². The largest absolute Gasteiger partial charge is 0.481 e. The Balaban J connectivity index is 2.82. The molecule has 0 fully saturated rings. The van der Waals surface area contributed by atoms with E-state index in [1.54, 1.807) is 0 Å². The third-order valence-electron chi connectivity index (χ3n) is 0.433. The first-order valence-corrected chi connectivity index (χ1v) is 4.04. The molecule has 0 aromatic carbocycles. The highest BCUT2D eigenvalue weighted by molar-refractivity contribution is 7.68. The summed E-state index contributed by atoms with van der Waals surface area (Å²) in [5.41, 5.74) is 0. The molecule has 0 rings (SSSR count). The van der Waals surface area contributed by atoms with Gasteiger partial charge in [0.1, 0.15) is 0 Å². The number of aliphatic carboxylic acids is 1. The summed E-state index contributed by atoms with van der Waals surface area (Å²) in [6.07, 6.45) is 0.791. The zero-order valence-corrected chi connectivity index (χ0v) is 5.40. The molecule has 0 radical (unpaired) electrons. The normalized spacial score (nSPS) is 10.4. The Bertz CT molecular complexity index is 66.0. The van der Waals surface area contributed by atoms with Crippen molar-refractivity contribution < 1.29 is 9.90 Å². The predicted molar refractivity (Wildman–Crippen MR) is 31.3 cm³/mol. The van der Waals surface area contributed by atoms with Crippen molar-refractivity contribution in [3.8, 4) is 0 Å². The Morgan fingerprint density at radius 1 is 1.86 bits per heavy atom. The van der Waals surface area contributed by atoms with Crippen molar-refractivity contribution in [3.63, 3.8) is 0 Å². The number of halogens is 1. The van der Waals surface area contributed by atoms with Gasteiger partial charge in [0.25, 0.3) is 0 Å². The van der Waals surface area contributed by atoms with Gasteiger partial charge in [0, 0.05) is 0 Å². The first kappa shape index (κ1) is 7.19. The number of hydrogen-bond acceptors (Lipinski definition) is 1. The van der Waals surface area contributed by atoms with Gasteiger partial charge in [-0.1, -0.05) is 0 Å². The lowest BCUT2D eigenvalue weighted by Gasteiger charge is -1.84. The number of hydrogen-bond donors (Lipinski definition) is 1. The first-order chi connectivity index (χ1) is 3.27. The fourth-order valence-electron chi connectivity index (χ4n) is 0.154. The predicted octanol–water partition coefficient (Wildman–Crippen LogP) is 1.29. The summed E-state index contributed by atoms with van der Waals surface area (Å²) in [6.45, 7) is 0. The maximum Gasteiger partial charge on any atom is 0.303 e. The van der Waals surface area contributed by atoms with Crippen LogP contribution >= 0.6 is 19.2 Å². The minimum absolute atomic E-state index is 0.196. The van der Waals surface area contributed by atoms with Gasteiger partial charge in [-0.3, -0.25) is 4.79 Å². The molecule has 0 saturated carbocycles. The van der Waals surface area contributed by atoms with Crippen molar-refractivity contribution in [3.05, 3.63) is 0 Å². The minimum atomic E-state index is -0.770. The van der Waals surface area contributed by atoms with E-state index in [2.05, 4.69) is 0 Å². The van der Waals surface area contributed by atoms with Crippen LogP contribution in [-0.2, 0) is 4.79 Å². The van der Waals surface area contributed by atoms with E-state index in [4.69, 9.17) is 16.3 Å². The molecule has 1 atom stereocenters. The van der Waals surface area contributed by atoms with Crippen LogP contribution < -0.4 is 0 Å². The number of rotatable bonds is 3. The summed E-state index contributed by atoms with van der Waals surface area (Å²) >= 11 is 5.21. The third kappa shape index (κ3) is 6.19. The van der Waals surface area contributed by atoms with Gasteiger partial charge in [0.05, 0.1) is 6.42 Å². The Morgan fingerprint density at radius 2 is 2.43 bits per heavy atom. The van der Waals surface area contributed by atoms with Crippen molar-refractivity contribution in [2.75, 3.05) is 6.16 Å². The van der Waals surface area contributed by atoms with Gasteiger partial charge in [-0.05, 0) is 14.1 Å². The first-order valence-electron chi connectivity index (χ1n) is 1.82. The Labute approximate surface area is 48.4 Å². The van der Waals surface area contributed by atoms with Gasteiger partial charge in [-0.25, -0.2) is 0 Å². The molecular formula is C3H6ClO2P. The number of carboxylic acid groups (broad SMARTS) is 1. The fourth-order valence-corrected chi connectivity index (χ4v) is 0.746. The highest BCUT2D eigenvalue weighted by atomic mass is 35.7. The SMILES string of the molecule is O=C(O)CCPCl. The standard InChI is InChI=1S/C3H6ClO2P/c4-7-2-1-3(5)6/h7H,1-2H2,(H,5,6). The summed E-state index contributed by atoms with van der Waals surface area (Å²) < 4.78 is 0. The Kier molecular flexibility index (Phi) is 4.47. The number of carbonyl (C=O) groups is 1. The topological polar surface area (TPSA) is 37.3 Å². The zero-order valence-electron chi connectivity index (χ0n) is 3.65.